The molecule has 0 unspecified atom stereocenters. The van der Waals surface area contributed by atoms with Gasteiger partial charge in [0.05, 0.1) is 11.7 Å². The molecule has 0 spiro atoms. The minimum atomic E-state index is -0.941. The summed E-state index contributed by atoms with van der Waals surface area (Å²) in [6.45, 7) is 0. The largest absolute Gasteiger partial charge is 0.478 e. The number of carboxylic acid groups (broad SMARTS) is 1. The molecule has 2 fully saturated rings. The molecule has 1 N–H and O–H groups in total. The van der Waals surface area contributed by atoms with Gasteiger partial charge in [0.25, 0.3) is 0 Å². The smallest absolute Gasteiger partial charge is 0.340 e. The first kappa shape index (κ1) is 12.0. The number of rotatable bonds is 3. The maximum absolute atomic E-state index is 11.3. The molecular formula is C13H17ClN2O2. The molecule has 3 rings (SSSR count). The molecule has 2 aliphatic carbocycles. The Hall–Kier alpha value is -1.03. The molecule has 1 aromatic rings. The van der Waals surface area contributed by atoms with Crippen molar-refractivity contribution in [1.82, 2.24) is 9.78 Å². The van der Waals surface area contributed by atoms with E-state index in [1.54, 1.807) is 4.68 Å². The van der Waals surface area contributed by atoms with Crippen molar-refractivity contribution in [3.05, 3.63) is 16.4 Å². The monoisotopic (exact) mass is 268 g/mol. The van der Waals surface area contributed by atoms with Gasteiger partial charge in [0.1, 0.15) is 10.7 Å². The molecule has 0 amide bonds. The van der Waals surface area contributed by atoms with E-state index in [9.17, 15) is 9.90 Å². The predicted octanol–water partition coefficient (Wildman–Crippen LogP) is 3.62. The van der Waals surface area contributed by atoms with Crippen LogP contribution in [0.4, 0.5) is 0 Å². The Bertz CT molecular complexity index is 474. The number of carbonyl (C=O) groups is 1. The second kappa shape index (κ2) is 4.57. The zero-order valence-corrected chi connectivity index (χ0v) is 11.0. The topological polar surface area (TPSA) is 55.1 Å². The fourth-order valence-electron chi connectivity index (χ4n) is 2.84. The fourth-order valence-corrected chi connectivity index (χ4v) is 3.19. The highest BCUT2D eigenvalue weighted by molar-refractivity contribution is 6.32. The number of hydrogen-bond donors (Lipinski definition) is 1. The zero-order chi connectivity index (χ0) is 12.7. The van der Waals surface area contributed by atoms with Crippen LogP contribution in [0.5, 0.6) is 0 Å². The van der Waals surface area contributed by atoms with E-state index in [0.29, 0.717) is 16.8 Å². The molecule has 98 valence electrons. The van der Waals surface area contributed by atoms with E-state index in [-0.39, 0.29) is 11.6 Å². The standard InChI is InChI=1S/C13H17ClN2O2/c14-12-10(13(17)18)11(8-6-7-8)15-16(12)9-4-2-1-3-5-9/h8-9H,1-7H2,(H,17,18). The summed E-state index contributed by atoms with van der Waals surface area (Å²) in [4.78, 5) is 11.3. The Morgan fingerprint density at radius 3 is 2.44 bits per heavy atom. The van der Waals surface area contributed by atoms with Gasteiger partial charge in [-0.1, -0.05) is 30.9 Å². The number of hydrogen-bond acceptors (Lipinski definition) is 2. The molecule has 0 saturated heterocycles. The van der Waals surface area contributed by atoms with E-state index in [4.69, 9.17) is 11.6 Å². The lowest BCUT2D eigenvalue weighted by Gasteiger charge is -2.22. The van der Waals surface area contributed by atoms with Gasteiger partial charge >= 0.3 is 5.97 Å². The van der Waals surface area contributed by atoms with E-state index in [0.717, 1.165) is 25.7 Å². The van der Waals surface area contributed by atoms with Crippen LogP contribution in [0.2, 0.25) is 5.15 Å². The van der Waals surface area contributed by atoms with Gasteiger partial charge in [-0.2, -0.15) is 5.10 Å². The number of aromatic nitrogens is 2. The zero-order valence-electron chi connectivity index (χ0n) is 10.2. The summed E-state index contributed by atoms with van der Waals surface area (Å²) < 4.78 is 1.78. The predicted molar refractivity (Wildman–Crippen MR) is 68.3 cm³/mol. The Balaban J connectivity index is 1.98. The lowest BCUT2D eigenvalue weighted by Crippen LogP contribution is -2.14. The van der Waals surface area contributed by atoms with E-state index in [2.05, 4.69) is 5.10 Å². The van der Waals surface area contributed by atoms with Crippen molar-refractivity contribution >= 4 is 17.6 Å². The Morgan fingerprint density at radius 1 is 1.22 bits per heavy atom. The molecule has 0 atom stereocenters. The van der Waals surface area contributed by atoms with Crippen molar-refractivity contribution in [3.63, 3.8) is 0 Å². The first-order valence-corrected chi connectivity index (χ1v) is 7.07. The van der Waals surface area contributed by atoms with Crippen LogP contribution in [0.1, 0.15) is 73.0 Å². The first-order valence-electron chi connectivity index (χ1n) is 6.69. The minimum Gasteiger partial charge on any atom is -0.478 e. The Labute approximate surface area is 111 Å². The molecule has 0 bridgehead atoms. The summed E-state index contributed by atoms with van der Waals surface area (Å²) in [6, 6.07) is 0.289. The first-order chi connectivity index (χ1) is 8.68. The highest BCUT2D eigenvalue weighted by atomic mass is 35.5. The SMILES string of the molecule is O=C(O)c1c(C2CC2)nn(C2CCCCC2)c1Cl. The third-order valence-corrected chi connectivity index (χ3v) is 4.34. The summed E-state index contributed by atoms with van der Waals surface area (Å²) in [5.74, 6) is -0.623. The number of nitrogens with zero attached hydrogens (tertiary/aromatic N) is 2. The summed E-state index contributed by atoms with van der Waals surface area (Å²) in [5.41, 5.74) is 0.947. The van der Waals surface area contributed by atoms with Gasteiger partial charge in [-0.25, -0.2) is 9.48 Å². The van der Waals surface area contributed by atoms with Crippen molar-refractivity contribution in [1.29, 1.82) is 0 Å². The summed E-state index contributed by atoms with van der Waals surface area (Å²) in [7, 11) is 0. The molecular weight excluding hydrogens is 252 g/mol. The molecule has 0 aliphatic heterocycles. The van der Waals surface area contributed by atoms with Crippen molar-refractivity contribution in [2.45, 2.75) is 56.9 Å². The number of halogens is 1. The van der Waals surface area contributed by atoms with Gasteiger partial charge in [-0.15, -0.1) is 0 Å². The van der Waals surface area contributed by atoms with Crippen molar-refractivity contribution in [2.75, 3.05) is 0 Å². The fraction of sp³-hybridized carbons (Fsp3) is 0.692. The van der Waals surface area contributed by atoms with Crippen molar-refractivity contribution < 1.29 is 9.90 Å². The lowest BCUT2D eigenvalue weighted by atomic mass is 9.96. The highest BCUT2D eigenvalue weighted by Gasteiger charge is 2.35. The molecule has 2 aliphatic rings. The normalized spacial score (nSPS) is 21.2. The molecule has 4 nitrogen and oxygen atoms in total. The molecule has 2 saturated carbocycles. The van der Waals surface area contributed by atoms with Crippen LogP contribution in [0.15, 0.2) is 0 Å². The molecule has 18 heavy (non-hydrogen) atoms. The lowest BCUT2D eigenvalue weighted by molar-refractivity contribution is 0.0695. The molecule has 0 aromatic carbocycles. The van der Waals surface area contributed by atoms with Crippen LogP contribution in [0.25, 0.3) is 0 Å². The second-order valence-electron chi connectivity index (χ2n) is 5.37. The second-order valence-corrected chi connectivity index (χ2v) is 5.72. The number of carboxylic acids is 1. The van der Waals surface area contributed by atoms with Gasteiger partial charge in [0.15, 0.2) is 0 Å². The Kier molecular flexibility index (Phi) is 3.06. The average Bonchev–Trinajstić information content (AvgIpc) is 3.14. The van der Waals surface area contributed by atoms with Crippen molar-refractivity contribution in [2.24, 2.45) is 0 Å². The van der Waals surface area contributed by atoms with Crippen LogP contribution in [-0.2, 0) is 0 Å². The Morgan fingerprint density at radius 2 is 1.89 bits per heavy atom. The maximum atomic E-state index is 11.3. The summed E-state index contributed by atoms with van der Waals surface area (Å²) in [5, 5.41) is 14.1. The van der Waals surface area contributed by atoms with Gasteiger partial charge in [0.2, 0.25) is 0 Å². The minimum absolute atomic E-state index is 0.241. The molecule has 1 aromatic heterocycles. The van der Waals surface area contributed by atoms with Crippen LogP contribution >= 0.6 is 11.6 Å². The van der Waals surface area contributed by atoms with Crippen LogP contribution < -0.4 is 0 Å². The van der Waals surface area contributed by atoms with Crippen LogP contribution in [-0.4, -0.2) is 20.9 Å². The summed E-state index contributed by atoms with van der Waals surface area (Å²) >= 11 is 6.25. The summed E-state index contributed by atoms with van der Waals surface area (Å²) in [6.07, 6.45) is 7.83. The van der Waals surface area contributed by atoms with Crippen LogP contribution in [0, 0.1) is 0 Å². The molecule has 0 radical (unpaired) electrons. The van der Waals surface area contributed by atoms with Crippen LogP contribution in [0.3, 0.4) is 0 Å². The van der Waals surface area contributed by atoms with Crippen molar-refractivity contribution in [3.8, 4) is 0 Å². The third kappa shape index (κ3) is 2.03. The molecule has 5 heteroatoms. The van der Waals surface area contributed by atoms with Gasteiger partial charge in [-0.3, -0.25) is 0 Å². The average molecular weight is 269 g/mol. The van der Waals surface area contributed by atoms with E-state index < -0.39 is 5.97 Å². The van der Waals surface area contributed by atoms with Gasteiger partial charge < -0.3 is 5.11 Å². The van der Waals surface area contributed by atoms with E-state index >= 15 is 0 Å². The quantitative estimate of drug-likeness (QED) is 0.911. The highest BCUT2D eigenvalue weighted by Crippen LogP contribution is 2.44. The number of aromatic carboxylic acids is 1. The van der Waals surface area contributed by atoms with Gasteiger partial charge in [0, 0.05) is 5.92 Å². The maximum Gasteiger partial charge on any atom is 0.340 e. The van der Waals surface area contributed by atoms with E-state index in [1.165, 1.54) is 19.3 Å². The van der Waals surface area contributed by atoms with Gasteiger partial charge in [-0.05, 0) is 25.7 Å². The third-order valence-electron chi connectivity index (χ3n) is 3.98. The van der Waals surface area contributed by atoms with E-state index in [1.807, 2.05) is 0 Å². The molecule has 1 heterocycles.